The highest BCUT2D eigenvalue weighted by Crippen LogP contribution is 2.39. The lowest BCUT2D eigenvalue weighted by molar-refractivity contribution is -0.189. The summed E-state index contributed by atoms with van der Waals surface area (Å²) < 4.78 is 120. The number of hydrogen-bond acceptors (Lipinski definition) is 1. The summed E-state index contributed by atoms with van der Waals surface area (Å²) in [6.45, 7) is 2.05. The van der Waals surface area contributed by atoms with Gasteiger partial charge in [0.1, 0.15) is 28.8 Å². The van der Waals surface area contributed by atoms with Crippen LogP contribution in [0.25, 0.3) is 33.0 Å². The third-order valence-electron chi connectivity index (χ3n) is 6.63. The first-order valence-electron chi connectivity index (χ1n) is 12.5. The van der Waals surface area contributed by atoms with Crippen LogP contribution >= 0.6 is 0 Å². The quantitative estimate of drug-likeness (QED) is 0.139. The van der Waals surface area contributed by atoms with Crippen molar-refractivity contribution in [3.63, 3.8) is 0 Å². The van der Waals surface area contributed by atoms with Crippen molar-refractivity contribution in [1.82, 2.24) is 0 Å². The zero-order chi connectivity index (χ0) is 29.5. The summed E-state index contributed by atoms with van der Waals surface area (Å²) in [5, 5.41) is -0.732. The van der Waals surface area contributed by atoms with Crippen LogP contribution < -0.4 is 4.74 Å². The highest BCUT2D eigenvalue weighted by molar-refractivity contribution is 5.84. The Labute approximate surface area is 229 Å². The molecule has 0 aliphatic rings. The summed E-state index contributed by atoms with van der Waals surface area (Å²) in [7, 11) is 0. The maximum Gasteiger partial charge on any atom is 0.432 e. The Kier molecular flexibility index (Phi) is 7.46. The van der Waals surface area contributed by atoms with E-state index < -0.39 is 57.7 Å². The topological polar surface area (TPSA) is 9.23 Å². The van der Waals surface area contributed by atoms with E-state index >= 15 is 4.39 Å². The lowest BCUT2D eigenvalue weighted by Gasteiger charge is -2.20. The minimum Gasteiger partial charge on any atom is -0.429 e. The molecule has 0 aromatic heterocycles. The molecule has 0 atom stereocenters. The standard InChI is InChI=1S/C32H20F8O/c1-2-3-17-4-6-18(7-5-17)19-8-10-23(25(33)13-19)21-14-26(34)29(27(35)15-21)32(39,40)41-22-9-11-24-20(12-22)16-28(36)31(38)30(24)37/h4-16H,2-3H2,1H3. The molecule has 0 heterocycles. The van der Waals surface area contributed by atoms with Gasteiger partial charge in [0.05, 0.1) is 0 Å². The molecule has 210 valence electrons. The fourth-order valence-electron chi connectivity index (χ4n) is 4.63. The molecule has 41 heavy (non-hydrogen) atoms. The molecule has 0 saturated carbocycles. The second-order valence-corrected chi connectivity index (χ2v) is 9.44. The first-order valence-corrected chi connectivity index (χ1v) is 12.5. The van der Waals surface area contributed by atoms with Gasteiger partial charge in [0, 0.05) is 10.9 Å². The van der Waals surface area contributed by atoms with E-state index in [1.807, 2.05) is 24.3 Å². The molecular weight excluding hydrogens is 552 g/mol. The van der Waals surface area contributed by atoms with Gasteiger partial charge in [-0.05, 0) is 76.5 Å². The molecule has 9 heteroatoms. The predicted molar refractivity (Wildman–Crippen MR) is 140 cm³/mol. The van der Waals surface area contributed by atoms with Crippen molar-refractivity contribution in [2.24, 2.45) is 0 Å². The first kappa shape index (κ1) is 28.1. The Morgan fingerprint density at radius 2 is 1.24 bits per heavy atom. The molecule has 5 aromatic rings. The number of fused-ring (bicyclic) bond motifs is 1. The van der Waals surface area contributed by atoms with Gasteiger partial charge in [0.25, 0.3) is 0 Å². The summed E-state index contributed by atoms with van der Waals surface area (Å²) in [5.41, 5.74) is 0.0890. The summed E-state index contributed by atoms with van der Waals surface area (Å²) >= 11 is 0. The van der Waals surface area contributed by atoms with E-state index in [0.717, 1.165) is 42.2 Å². The average molecular weight is 572 g/mol. The van der Waals surface area contributed by atoms with Crippen molar-refractivity contribution in [2.75, 3.05) is 0 Å². The van der Waals surface area contributed by atoms with Crippen LogP contribution in [0.15, 0.2) is 78.9 Å². The molecule has 0 unspecified atom stereocenters. The molecule has 0 fully saturated rings. The lowest BCUT2D eigenvalue weighted by Crippen LogP contribution is -2.25. The van der Waals surface area contributed by atoms with Crippen LogP contribution in [0.1, 0.15) is 24.5 Å². The number of alkyl halides is 2. The van der Waals surface area contributed by atoms with Crippen LogP contribution in [0, 0.1) is 34.9 Å². The predicted octanol–water partition coefficient (Wildman–Crippen LogP) is 10.1. The molecule has 1 nitrogen and oxygen atoms in total. The molecule has 0 aliphatic carbocycles. The van der Waals surface area contributed by atoms with Crippen molar-refractivity contribution in [1.29, 1.82) is 0 Å². The van der Waals surface area contributed by atoms with Crippen LogP contribution in [-0.4, -0.2) is 0 Å². The first-order chi connectivity index (χ1) is 19.5. The summed E-state index contributed by atoms with van der Waals surface area (Å²) in [4.78, 5) is 0. The Bertz CT molecular complexity index is 1740. The number of rotatable bonds is 7. The van der Waals surface area contributed by atoms with Crippen LogP contribution in [0.3, 0.4) is 0 Å². The summed E-state index contributed by atoms with van der Waals surface area (Å²) in [5.74, 6) is -9.76. The zero-order valence-electron chi connectivity index (χ0n) is 21.4. The van der Waals surface area contributed by atoms with E-state index in [1.165, 1.54) is 12.1 Å². The minimum absolute atomic E-state index is 0.212. The van der Waals surface area contributed by atoms with Crippen molar-refractivity contribution >= 4 is 10.8 Å². The van der Waals surface area contributed by atoms with Crippen LogP contribution in [-0.2, 0) is 12.5 Å². The monoisotopic (exact) mass is 572 g/mol. The van der Waals surface area contributed by atoms with Gasteiger partial charge < -0.3 is 4.74 Å². The fourth-order valence-corrected chi connectivity index (χ4v) is 4.63. The van der Waals surface area contributed by atoms with Gasteiger partial charge >= 0.3 is 6.11 Å². The van der Waals surface area contributed by atoms with Gasteiger partial charge in [-0.15, -0.1) is 0 Å². The van der Waals surface area contributed by atoms with Crippen molar-refractivity contribution in [3.8, 4) is 28.0 Å². The second-order valence-electron chi connectivity index (χ2n) is 9.44. The van der Waals surface area contributed by atoms with E-state index in [0.29, 0.717) is 23.8 Å². The summed E-state index contributed by atoms with van der Waals surface area (Å²) in [6.07, 6.45) is -2.71. The Morgan fingerprint density at radius 3 is 1.88 bits per heavy atom. The Morgan fingerprint density at radius 1 is 0.610 bits per heavy atom. The normalized spacial score (nSPS) is 11.7. The fraction of sp³-hybridized carbons (Fsp3) is 0.125. The molecule has 0 spiro atoms. The van der Waals surface area contributed by atoms with Crippen LogP contribution in [0.2, 0.25) is 0 Å². The summed E-state index contributed by atoms with van der Waals surface area (Å²) in [6, 6.07) is 15.7. The number of hydrogen-bond donors (Lipinski definition) is 0. The van der Waals surface area contributed by atoms with Gasteiger partial charge in [-0.25, -0.2) is 26.3 Å². The number of benzene rings is 5. The van der Waals surface area contributed by atoms with Gasteiger partial charge in [0.2, 0.25) is 0 Å². The molecule has 0 saturated heterocycles. The largest absolute Gasteiger partial charge is 0.432 e. The second kappa shape index (κ2) is 10.9. The van der Waals surface area contributed by atoms with Gasteiger partial charge in [-0.1, -0.05) is 49.7 Å². The molecule has 0 bridgehead atoms. The Hall–Kier alpha value is -4.40. The maximum atomic E-state index is 15.0. The van der Waals surface area contributed by atoms with Gasteiger partial charge in [-0.2, -0.15) is 8.78 Å². The number of halogens is 8. The van der Waals surface area contributed by atoms with Gasteiger partial charge in [-0.3, -0.25) is 0 Å². The number of aryl methyl sites for hydroxylation is 1. The molecule has 0 N–H and O–H groups in total. The average Bonchev–Trinajstić information content (AvgIpc) is 2.91. The molecule has 5 rings (SSSR count). The smallest absolute Gasteiger partial charge is 0.429 e. The maximum absolute atomic E-state index is 15.0. The van der Waals surface area contributed by atoms with Crippen molar-refractivity contribution in [2.45, 2.75) is 25.9 Å². The minimum atomic E-state index is -4.58. The van der Waals surface area contributed by atoms with Crippen molar-refractivity contribution < 1.29 is 39.9 Å². The van der Waals surface area contributed by atoms with Crippen LogP contribution in [0.4, 0.5) is 35.1 Å². The molecule has 5 aromatic carbocycles. The molecule has 0 aliphatic heterocycles. The Balaban J connectivity index is 1.43. The number of ether oxygens (including phenoxy) is 1. The molecule has 0 radical (unpaired) electrons. The van der Waals surface area contributed by atoms with E-state index in [4.69, 9.17) is 0 Å². The van der Waals surface area contributed by atoms with E-state index in [1.54, 1.807) is 6.07 Å². The highest BCUT2D eigenvalue weighted by Gasteiger charge is 2.41. The van der Waals surface area contributed by atoms with Gasteiger partial charge in [0.15, 0.2) is 17.5 Å². The van der Waals surface area contributed by atoms with Crippen molar-refractivity contribution in [3.05, 3.63) is 125 Å². The van der Waals surface area contributed by atoms with E-state index in [2.05, 4.69) is 11.7 Å². The van der Waals surface area contributed by atoms with E-state index in [-0.39, 0.29) is 16.5 Å². The van der Waals surface area contributed by atoms with E-state index in [9.17, 15) is 30.7 Å². The molecule has 0 amide bonds. The SMILES string of the molecule is CCCc1ccc(-c2ccc(-c3cc(F)c(C(F)(F)Oc4ccc5c(F)c(F)c(F)cc5c4)c(F)c3)c(F)c2)cc1. The third-order valence-corrected chi connectivity index (χ3v) is 6.63. The van der Waals surface area contributed by atoms with Crippen LogP contribution in [0.5, 0.6) is 5.75 Å². The highest BCUT2D eigenvalue weighted by atomic mass is 19.3. The third kappa shape index (κ3) is 5.49. The molecular formula is C32H20F8O. The lowest BCUT2D eigenvalue weighted by atomic mass is 9.97. The zero-order valence-corrected chi connectivity index (χ0v) is 21.4.